The first-order valence-electron chi connectivity index (χ1n) is 3.07. The van der Waals surface area contributed by atoms with Crippen LogP contribution in [0.1, 0.15) is 0 Å². The van der Waals surface area contributed by atoms with Crippen LogP contribution in [0.5, 0.6) is 0 Å². The summed E-state index contributed by atoms with van der Waals surface area (Å²) < 4.78 is 31.0. The largest absolute Gasteiger partial charge is 1.00 e. The molecular formula is C7H9NaO4S. The Hall–Kier alpha value is 0.0900. The molecule has 0 N–H and O–H groups in total. The molecule has 0 aliphatic heterocycles. The van der Waals surface area contributed by atoms with E-state index in [0.29, 0.717) is 0 Å². The molecule has 0 bridgehead atoms. The SMILES string of the molecule is COS(=O)(=O)[O-].[Na+].c1ccccc1. The molecule has 0 aliphatic carbocycles. The van der Waals surface area contributed by atoms with Gasteiger partial charge in [-0.05, 0) is 0 Å². The van der Waals surface area contributed by atoms with Crippen molar-refractivity contribution in [2.24, 2.45) is 0 Å². The molecule has 0 spiro atoms. The van der Waals surface area contributed by atoms with Crippen LogP contribution in [-0.2, 0) is 14.6 Å². The maximum absolute atomic E-state index is 9.22. The minimum absolute atomic E-state index is 0. The van der Waals surface area contributed by atoms with Gasteiger partial charge >= 0.3 is 29.6 Å². The normalized spacial score (nSPS) is 9.08. The average molecular weight is 212 g/mol. The van der Waals surface area contributed by atoms with Crippen LogP contribution < -0.4 is 29.6 Å². The standard InChI is InChI=1S/C6H6.CH4O4S.Na/c1-2-4-6-5-3-1;1-5-6(2,3)4;/h1-6H;1H3,(H,2,3,4);/q;;+1/p-1. The van der Waals surface area contributed by atoms with E-state index in [-0.39, 0.29) is 29.6 Å². The molecule has 4 nitrogen and oxygen atoms in total. The zero-order valence-corrected chi connectivity index (χ0v) is 10.3. The number of hydrogen-bond donors (Lipinski definition) is 0. The molecule has 68 valence electrons. The predicted octanol–water partition coefficient (Wildman–Crippen LogP) is -2.22. The van der Waals surface area contributed by atoms with Gasteiger partial charge in [-0.3, -0.25) is 4.18 Å². The minimum atomic E-state index is -4.41. The summed E-state index contributed by atoms with van der Waals surface area (Å²) in [6.45, 7) is 0. The van der Waals surface area contributed by atoms with Gasteiger partial charge in [0.15, 0.2) is 0 Å². The van der Waals surface area contributed by atoms with Gasteiger partial charge in [0, 0.05) is 0 Å². The van der Waals surface area contributed by atoms with Crippen LogP contribution in [0.2, 0.25) is 0 Å². The molecule has 0 heterocycles. The molecule has 0 fully saturated rings. The molecule has 0 saturated heterocycles. The van der Waals surface area contributed by atoms with Gasteiger partial charge in [-0.2, -0.15) is 0 Å². The van der Waals surface area contributed by atoms with E-state index >= 15 is 0 Å². The molecule has 0 atom stereocenters. The molecule has 13 heavy (non-hydrogen) atoms. The molecule has 0 radical (unpaired) electrons. The Balaban J connectivity index is 0. The van der Waals surface area contributed by atoms with E-state index in [0.717, 1.165) is 7.11 Å². The van der Waals surface area contributed by atoms with Gasteiger partial charge < -0.3 is 4.55 Å². The summed E-state index contributed by atoms with van der Waals surface area (Å²) in [5.74, 6) is 0. The van der Waals surface area contributed by atoms with Crippen LogP contribution in [0.3, 0.4) is 0 Å². The zero-order valence-electron chi connectivity index (χ0n) is 7.51. The summed E-state index contributed by atoms with van der Waals surface area (Å²) in [4.78, 5) is 0. The Morgan fingerprint density at radius 1 is 1.00 bits per heavy atom. The second-order valence-electron chi connectivity index (χ2n) is 1.73. The van der Waals surface area contributed by atoms with Crippen molar-refractivity contribution >= 4 is 10.4 Å². The molecule has 0 amide bonds. The van der Waals surface area contributed by atoms with Gasteiger partial charge in [-0.15, -0.1) is 0 Å². The van der Waals surface area contributed by atoms with E-state index in [2.05, 4.69) is 4.18 Å². The van der Waals surface area contributed by atoms with Crippen LogP contribution >= 0.6 is 0 Å². The Labute approximate surface area is 100 Å². The van der Waals surface area contributed by atoms with E-state index in [4.69, 9.17) is 0 Å². The fraction of sp³-hybridized carbons (Fsp3) is 0.143. The molecular weight excluding hydrogens is 203 g/mol. The fourth-order valence-corrected chi connectivity index (χ4v) is 0.385. The fourth-order valence-electron chi connectivity index (χ4n) is 0.385. The molecule has 0 aliphatic rings. The van der Waals surface area contributed by atoms with Crippen molar-refractivity contribution in [3.05, 3.63) is 36.4 Å². The van der Waals surface area contributed by atoms with Crippen molar-refractivity contribution in [1.29, 1.82) is 0 Å². The van der Waals surface area contributed by atoms with Crippen molar-refractivity contribution in [2.75, 3.05) is 7.11 Å². The molecule has 0 unspecified atom stereocenters. The van der Waals surface area contributed by atoms with Gasteiger partial charge in [-0.25, -0.2) is 8.42 Å². The number of benzene rings is 1. The van der Waals surface area contributed by atoms with E-state index < -0.39 is 10.4 Å². The van der Waals surface area contributed by atoms with E-state index in [1.165, 1.54) is 0 Å². The Kier molecular flexibility index (Phi) is 10.4. The van der Waals surface area contributed by atoms with Crippen molar-refractivity contribution in [3.8, 4) is 0 Å². The summed E-state index contributed by atoms with van der Waals surface area (Å²) in [7, 11) is -3.60. The zero-order chi connectivity index (χ0) is 9.45. The van der Waals surface area contributed by atoms with Crippen molar-refractivity contribution in [1.82, 2.24) is 0 Å². The summed E-state index contributed by atoms with van der Waals surface area (Å²) in [5, 5.41) is 0. The van der Waals surface area contributed by atoms with Crippen LogP contribution in [0, 0.1) is 0 Å². The van der Waals surface area contributed by atoms with Gasteiger partial charge in [0.05, 0.1) is 7.11 Å². The number of hydrogen-bond acceptors (Lipinski definition) is 4. The topological polar surface area (TPSA) is 66.4 Å². The van der Waals surface area contributed by atoms with E-state index in [1.54, 1.807) is 0 Å². The molecule has 1 rings (SSSR count). The maximum atomic E-state index is 9.22. The Bertz CT molecular complexity index is 258. The summed E-state index contributed by atoms with van der Waals surface area (Å²) in [6, 6.07) is 12.0. The third-order valence-corrected chi connectivity index (χ3v) is 1.28. The second-order valence-corrected chi connectivity index (χ2v) is 2.88. The molecule has 1 aromatic carbocycles. The predicted molar refractivity (Wildman–Crippen MR) is 43.1 cm³/mol. The first-order chi connectivity index (χ1) is 5.56. The quantitative estimate of drug-likeness (QED) is 0.300. The van der Waals surface area contributed by atoms with Gasteiger partial charge in [0.25, 0.3) is 0 Å². The van der Waals surface area contributed by atoms with Crippen LogP contribution in [0.25, 0.3) is 0 Å². The van der Waals surface area contributed by atoms with Crippen LogP contribution in [0.4, 0.5) is 0 Å². The molecule has 6 heteroatoms. The molecule has 0 saturated carbocycles. The van der Waals surface area contributed by atoms with Crippen LogP contribution in [0.15, 0.2) is 36.4 Å². The molecule has 0 aromatic heterocycles. The first kappa shape index (κ1) is 15.6. The van der Waals surface area contributed by atoms with Gasteiger partial charge in [0.1, 0.15) is 0 Å². The van der Waals surface area contributed by atoms with E-state index in [9.17, 15) is 13.0 Å². The smallest absolute Gasteiger partial charge is 0.726 e. The van der Waals surface area contributed by atoms with Crippen molar-refractivity contribution < 1.29 is 46.7 Å². The average Bonchev–Trinajstić information content (AvgIpc) is 2.07. The third-order valence-electron chi connectivity index (χ3n) is 0.871. The Morgan fingerprint density at radius 2 is 1.15 bits per heavy atom. The van der Waals surface area contributed by atoms with Gasteiger partial charge in [0.2, 0.25) is 10.4 Å². The summed E-state index contributed by atoms with van der Waals surface area (Å²) in [6.07, 6.45) is 0. The number of rotatable bonds is 1. The third kappa shape index (κ3) is 14.9. The maximum Gasteiger partial charge on any atom is 1.00 e. The van der Waals surface area contributed by atoms with Gasteiger partial charge in [-0.1, -0.05) is 36.4 Å². The monoisotopic (exact) mass is 212 g/mol. The summed E-state index contributed by atoms with van der Waals surface area (Å²) >= 11 is 0. The van der Waals surface area contributed by atoms with Crippen LogP contribution in [-0.4, -0.2) is 20.1 Å². The first-order valence-corrected chi connectivity index (χ1v) is 4.41. The Morgan fingerprint density at radius 3 is 1.23 bits per heavy atom. The van der Waals surface area contributed by atoms with E-state index in [1.807, 2.05) is 36.4 Å². The summed E-state index contributed by atoms with van der Waals surface area (Å²) in [5.41, 5.74) is 0. The molecule has 1 aromatic rings. The van der Waals surface area contributed by atoms with Crippen molar-refractivity contribution in [3.63, 3.8) is 0 Å². The van der Waals surface area contributed by atoms with Crippen molar-refractivity contribution in [2.45, 2.75) is 0 Å². The minimum Gasteiger partial charge on any atom is -0.726 e. The second kappa shape index (κ2) is 8.68.